The number of aromatic nitrogens is 3. The highest BCUT2D eigenvalue weighted by atomic mass is 16.5. The van der Waals surface area contributed by atoms with Crippen LogP contribution in [-0.4, -0.2) is 57.4 Å². The minimum absolute atomic E-state index is 0.0351. The van der Waals surface area contributed by atoms with E-state index in [0.29, 0.717) is 36.7 Å². The first-order chi connectivity index (χ1) is 16.4. The molecule has 8 heteroatoms. The predicted octanol–water partition coefficient (Wildman–Crippen LogP) is 3.77. The Hall–Kier alpha value is -3.42. The molecule has 0 atom stereocenters. The zero-order valence-electron chi connectivity index (χ0n) is 20.0. The summed E-state index contributed by atoms with van der Waals surface area (Å²) in [5, 5.41) is 3.15. The first-order valence-electron chi connectivity index (χ1n) is 12.0. The molecule has 34 heavy (non-hydrogen) atoms. The van der Waals surface area contributed by atoms with Gasteiger partial charge in [0.05, 0.1) is 17.7 Å². The molecule has 0 bridgehead atoms. The normalized spacial score (nSPS) is 16.6. The molecule has 2 amide bonds. The van der Waals surface area contributed by atoms with Crippen LogP contribution in [0, 0.1) is 19.8 Å². The van der Waals surface area contributed by atoms with Gasteiger partial charge in [0.25, 0.3) is 5.91 Å². The van der Waals surface area contributed by atoms with E-state index in [1.807, 2.05) is 30.9 Å². The maximum absolute atomic E-state index is 13.3. The number of H-pyrrole nitrogens is 1. The number of rotatable bonds is 6. The van der Waals surface area contributed by atoms with Crippen molar-refractivity contribution >= 4 is 22.8 Å². The fourth-order valence-electron chi connectivity index (χ4n) is 4.65. The lowest BCUT2D eigenvalue weighted by Crippen LogP contribution is -2.46. The van der Waals surface area contributed by atoms with Gasteiger partial charge < -0.3 is 19.9 Å². The Balaban J connectivity index is 1.43. The maximum atomic E-state index is 13.3. The van der Waals surface area contributed by atoms with Crippen molar-refractivity contribution in [3.63, 3.8) is 0 Å². The van der Waals surface area contributed by atoms with Crippen LogP contribution in [0.1, 0.15) is 54.2 Å². The highest BCUT2D eigenvalue weighted by Crippen LogP contribution is 2.37. The molecule has 8 nitrogen and oxygen atoms in total. The van der Waals surface area contributed by atoms with Crippen LogP contribution < -0.4 is 10.1 Å². The van der Waals surface area contributed by atoms with E-state index in [9.17, 15) is 9.59 Å². The van der Waals surface area contributed by atoms with Crippen LogP contribution >= 0.6 is 0 Å². The molecule has 1 aliphatic carbocycles. The van der Waals surface area contributed by atoms with Gasteiger partial charge in [0, 0.05) is 37.3 Å². The molecule has 0 spiro atoms. The molecular weight excluding hydrogens is 430 g/mol. The lowest BCUT2D eigenvalue weighted by atomic mass is 10.0. The van der Waals surface area contributed by atoms with E-state index in [1.54, 1.807) is 6.92 Å². The van der Waals surface area contributed by atoms with Gasteiger partial charge in [0.2, 0.25) is 5.91 Å². The maximum Gasteiger partial charge on any atom is 0.255 e. The zero-order valence-corrected chi connectivity index (χ0v) is 20.0. The predicted molar refractivity (Wildman–Crippen MR) is 130 cm³/mol. The summed E-state index contributed by atoms with van der Waals surface area (Å²) in [5.41, 5.74) is 5.38. The topological polar surface area (TPSA) is 100 Å². The molecule has 3 heterocycles. The van der Waals surface area contributed by atoms with Crippen molar-refractivity contribution in [3.8, 4) is 17.0 Å². The van der Waals surface area contributed by atoms with Crippen molar-refractivity contribution < 1.29 is 14.3 Å². The molecular formula is C26H31N5O3. The van der Waals surface area contributed by atoms with Crippen molar-refractivity contribution in [1.82, 2.24) is 25.2 Å². The number of benzene rings is 1. The number of ether oxygens (including phenoxy) is 1. The number of amides is 2. The standard InChI is InChI=1S/C26H31N5O3/c1-15-4-7-21(34-13-18-5-6-18)20(12-15)23-25-24(28-14-27-23)22(16(2)29-25)26(33)30-19-8-10-31(11-9-19)17(3)32/h4,7,12,14,18-19,29H,5-6,8-11,13H2,1-3H3,(H,30,33). The first-order valence-corrected chi connectivity index (χ1v) is 12.0. The van der Waals surface area contributed by atoms with Gasteiger partial charge in [0.1, 0.15) is 23.3 Å². The number of piperidine rings is 1. The SMILES string of the molecule is CC(=O)N1CCC(NC(=O)c2c(C)[nH]c3c(-c4cc(C)ccc4OCC4CC4)ncnc23)CC1. The van der Waals surface area contributed by atoms with Crippen molar-refractivity contribution in [3.05, 3.63) is 41.3 Å². The fraction of sp³-hybridized carbons (Fsp3) is 0.462. The molecule has 2 N–H and O–H groups in total. The number of hydrogen-bond donors (Lipinski definition) is 2. The van der Waals surface area contributed by atoms with Crippen LogP contribution in [0.15, 0.2) is 24.5 Å². The Morgan fingerprint density at radius 1 is 1.15 bits per heavy atom. The van der Waals surface area contributed by atoms with Crippen molar-refractivity contribution in [2.24, 2.45) is 5.92 Å². The van der Waals surface area contributed by atoms with Gasteiger partial charge in [-0.2, -0.15) is 0 Å². The van der Waals surface area contributed by atoms with Gasteiger partial charge in [-0.1, -0.05) is 11.6 Å². The molecule has 2 aromatic heterocycles. The van der Waals surface area contributed by atoms with Gasteiger partial charge in [-0.05, 0) is 57.6 Å². The van der Waals surface area contributed by atoms with E-state index in [-0.39, 0.29) is 17.9 Å². The van der Waals surface area contributed by atoms with Gasteiger partial charge in [-0.15, -0.1) is 0 Å². The zero-order chi connectivity index (χ0) is 23.8. The molecule has 1 aliphatic heterocycles. The number of fused-ring (bicyclic) bond motifs is 1. The van der Waals surface area contributed by atoms with Crippen LogP contribution in [-0.2, 0) is 4.79 Å². The molecule has 178 valence electrons. The Morgan fingerprint density at radius 2 is 1.91 bits per heavy atom. The Labute approximate surface area is 199 Å². The van der Waals surface area contributed by atoms with E-state index < -0.39 is 0 Å². The third-order valence-corrected chi connectivity index (χ3v) is 6.84. The van der Waals surface area contributed by atoms with Crippen LogP contribution in [0.5, 0.6) is 5.75 Å². The van der Waals surface area contributed by atoms with Gasteiger partial charge >= 0.3 is 0 Å². The molecule has 2 fully saturated rings. The number of carbonyl (C=O) groups is 2. The minimum Gasteiger partial charge on any atom is -0.493 e. The third kappa shape index (κ3) is 4.49. The molecule has 1 aromatic carbocycles. The molecule has 1 saturated carbocycles. The molecule has 0 radical (unpaired) electrons. The molecule has 1 saturated heterocycles. The molecule has 2 aliphatic rings. The highest BCUT2D eigenvalue weighted by molar-refractivity contribution is 6.09. The van der Waals surface area contributed by atoms with Gasteiger partial charge in [-0.25, -0.2) is 9.97 Å². The monoisotopic (exact) mass is 461 g/mol. The summed E-state index contributed by atoms with van der Waals surface area (Å²) < 4.78 is 6.15. The summed E-state index contributed by atoms with van der Waals surface area (Å²) in [6.07, 6.45) is 5.46. The van der Waals surface area contributed by atoms with E-state index in [2.05, 4.69) is 26.3 Å². The summed E-state index contributed by atoms with van der Waals surface area (Å²) in [5.74, 6) is 1.38. The second-order valence-corrected chi connectivity index (χ2v) is 9.58. The summed E-state index contributed by atoms with van der Waals surface area (Å²) in [6.45, 7) is 7.56. The van der Waals surface area contributed by atoms with Crippen molar-refractivity contribution in [2.45, 2.75) is 52.5 Å². The number of likely N-dealkylation sites (tertiary alicyclic amines) is 1. The number of aryl methyl sites for hydroxylation is 2. The lowest BCUT2D eigenvalue weighted by Gasteiger charge is -2.31. The van der Waals surface area contributed by atoms with Crippen LogP contribution in [0.2, 0.25) is 0 Å². The van der Waals surface area contributed by atoms with E-state index in [0.717, 1.165) is 46.6 Å². The van der Waals surface area contributed by atoms with Crippen LogP contribution in [0.3, 0.4) is 0 Å². The number of hydrogen-bond acceptors (Lipinski definition) is 5. The third-order valence-electron chi connectivity index (χ3n) is 6.84. The lowest BCUT2D eigenvalue weighted by molar-refractivity contribution is -0.129. The number of nitrogens with one attached hydrogen (secondary N) is 2. The molecule has 5 rings (SSSR count). The van der Waals surface area contributed by atoms with Crippen LogP contribution in [0.25, 0.3) is 22.3 Å². The van der Waals surface area contributed by atoms with Crippen molar-refractivity contribution in [1.29, 1.82) is 0 Å². The quantitative estimate of drug-likeness (QED) is 0.582. The molecule has 0 unspecified atom stereocenters. The average Bonchev–Trinajstić information content (AvgIpc) is 3.58. The van der Waals surface area contributed by atoms with Crippen molar-refractivity contribution in [2.75, 3.05) is 19.7 Å². The Morgan fingerprint density at radius 3 is 2.62 bits per heavy atom. The summed E-state index contributed by atoms with van der Waals surface area (Å²) in [6, 6.07) is 6.15. The smallest absolute Gasteiger partial charge is 0.255 e. The average molecular weight is 462 g/mol. The molecule has 3 aromatic rings. The van der Waals surface area contributed by atoms with Gasteiger partial charge in [0.15, 0.2) is 0 Å². The largest absolute Gasteiger partial charge is 0.493 e. The van der Waals surface area contributed by atoms with E-state index in [4.69, 9.17) is 4.74 Å². The number of carbonyl (C=O) groups excluding carboxylic acids is 2. The Kier molecular flexibility index (Phi) is 5.98. The Bertz CT molecular complexity index is 1240. The highest BCUT2D eigenvalue weighted by Gasteiger charge is 2.27. The number of nitrogens with zero attached hydrogens (tertiary/aromatic N) is 3. The summed E-state index contributed by atoms with van der Waals surface area (Å²) in [7, 11) is 0. The summed E-state index contributed by atoms with van der Waals surface area (Å²) >= 11 is 0. The van der Waals surface area contributed by atoms with Crippen LogP contribution in [0.4, 0.5) is 0 Å². The number of aromatic amines is 1. The van der Waals surface area contributed by atoms with E-state index in [1.165, 1.54) is 19.2 Å². The minimum atomic E-state index is -0.149. The summed E-state index contributed by atoms with van der Waals surface area (Å²) in [4.78, 5) is 39.1. The fourth-order valence-corrected chi connectivity index (χ4v) is 4.65. The van der Waals surface area contributed by atoms with E-state index >= 15 is 0 Å². The first kappa shape index (κ1) is 22.4. The second kappa shape index (κ2) is 9.08. The second-order valence-electron chi connectivity index (χ2n) is 9.58. The van der Waals surface area contributed by atoms with Gasteiger partial charge in [-0.3, -0.25) is 9.59 Å².